The Hall–Kier alpha value is -1.26. The molecule has 0 aromatic heterocycles. The summed E-state index contributed by atoms with van der Waals surface area (Å²) in [6.07, 6.45) is 0.385. The molecule has 1 aliphatic rings. The van der Waals surface area contributed by atoms with Crippen LogP contribution in [0.3, 0.4) is 0 Å². The van der Waals surface area contributed by atoms with E-state index in [1.165, 1.54) is 5.56 Å². The molecule has 1 saturated heterocycles. The zero-order chi connectivity index (χ0) is 15.1. The van der Waals surface area contributed by atoms with Gasteiger partial charge in [-0.25, -0.2) is 0 Å². The van der Waals surface area contributed by atoms with Crippen molar-refractivity contribution in [2.24, 2.45) is 0 Å². The standard InChI is InChI=1S/C14H21NO3.C2H6/c1-10-13(17-3)6-5-11(14(10)18-4)7-15-8-12(9-15)16-2;1-2/h5-6,12H,7-9H2,1-4H3;1-2H3. The molecule has 4 nitrogen and oxygen atoms in total. The monoisotopic (exact) mass is 281 g/mol. The molecule has 0 atom stereocenters. The first-order valence-electron chi connectivity index (χ1n) is 7.15. The highest BCUT2D eigenvalue weighted by Gasteiger charge is 2.27. The molecule has 20 heavy (non-hydrogen) atoms. The second-order valence-corrected chi connectivity index (χ2v) is 4.64. The molecule has 0 N–H and O–H groups in total. The van der Waals surface area contributed by atoms with Gasteiger partial charge >= 0.3 is 0 Å². The highest BCUT2D eigenvalue weighted by Crippen LogP contribution is 2.32. The lowest BCUT2D eigenvalue weighted by Gasteiger charge is -2.38. The number of nitrogens with zero attached hydrogens (tertiary/aromatic N) is 1. The smallest absolute Gasteiger partial charge is 0.129 e. The molecule has 0 bridgehead atoms. The Labute approximate surface area is 122 Å². The number of rotatable bonds is 5. The quantitative estimate of drug-likeness (QED) is 0.830. The first-order chi connectivity index (χ1) is 9.69. The molecule has 0 radical (unpaired) electrons. The van der Waals surface area contributed by atoms with Crippen LogP contribution in [-0.4, -0.2) is 45.4 Å². The Morgan fingerprint density at radius 1 is 1.10 bits per heavy atom. The van der Waals surface area contributed by atoms with E-state index in [1.807, 2.05) is 26.8 Å². The first-order valence-corrected chi connectivity index (χ1v) is 7.15. The van der Waals surface area contributed by atoms with Crippen LogP contribution in [0.25, 0.3) is 0 Å². The molecule has 0 spiro atoms. The van der Waals surface area contributed by atoms with Crippen LogP contribution in [0, 0.1) is 6.92 Å². The number of methoxy groups -OCH3 is 3. The van der Waals surface area contributed by atoms with Gasteiger partial charge in [-0.15, -0.1) is 0 Å². The normalized spacial score (nSPS) is 15.1. The Morgan fingerprint density at radius 2 is 1.75 bits per heavy atom. The summed E-state index contributed by atoms with van der Waals surface area (Å²) in [4.78, 5) is 2.35. The fraction of sp³-hybridized carbons (Fsp3) is 0.625. The molecule has 1 fully saturated rings. The molecule has 0 amide bonds. The van der Waals surface area contributed by atoms with Crippen molar-refractivity contribution in [2.45, 2.75) is 33.4 Å². The van der Waals surface area contributed by atoms with E-state index in [-0.39, 0.29) is 0 Å². The van der Waals surface area contributed by atoms with Gasteiger partial charge < -0.3 is 14.2 Å². The number of benzene rings is 1. The van der Waals surface area contributed by atoms with Crippen molar-refractivity contribution < 1.29 is 14.2 Å². The predicted octanol–water partition coefficient (Wildman–Crippen LogP) is 2.87. The summed E-state index contributed by atoms with van der Waals surface area (Å²) in [5.74, 6) is 1.80. The highest BCUT2D eigenvalue weighted by molar-refractivity contribution is 5.49. The molecule has 0 saturated carbocycles. The van der Waals surface area contributed by atoms with E-state index in [0.29, 0.717) is 6.10 Å². The van der Waals surface area contributed by atoms with Crippen LogP contribution < -0.4 is 9.47 Å². The predicted molar refractivity (Wildman–Crippen MR) is 81.7 cm³/mol. The third-order valence-electron chi connectivity index (χ3n) is 3.51. The third kappa shape index (κ3) is 3.64. The second kappa shape index (κ2) is 8.12. The Morgan fingerprint density at radius 3 is 2.25 bits per heavy atom. The molecule has 1 aromatic rings. The van der Waals surface area contributed by atoms with Crippen molar-refractivity contribution in [1.29, 1.82) is 0 Å². The average Bonchev–Trinajstić information content (AvgIpc) is 2.44. The van der Waals surface area contributed by atoms with Gasteiger partial charge in [-0.05, 0) is 13.0 Å². The maximum Gasteiger partial charge on any atom is 0.129 e. The summed E-state index contributed by atoms with van der Waals surface area (Å²) < 4.78 is 16.1. The van der Waals surface area contributed by atoms with Gasteiger partial charge in [-0.3, -0.25) is 4.90 Å². The first kappa shape index (κ1) is 16.8. The van der Waals surface area contributed by atoms with Gasteiger partial charge in [-0.2, -0.15) is 0 Å². The topological polar surface area (TPSA) is 30.9 Å². The fourth-order valence-electron chi connectivity index (χ4n) is 2.40. The average molecular weight is 281 g/mol. The summed E-state index contributed by atoms with van der Waals surface area (Å²) in [6, 6.07) is 4.07. The van der Waals surface area contributed by atoms with E-state index in [9.17, 15) is 0 Å². The van der Waals surface area contributed by atoms with E-state index in [1.54, 1.807) is 21.3 Å². The van der Waals surface area contributed by atoms with Crippen molar-refractivity contribution in [2.75, 3.05) is 34.4 Å². The summed E-state index contributed by atoms with van der Waals surface area (Å²) in [5.41, 5.74) is 2.26. The summed E-state index contributed by atoms with van der Waals surface area (Å²) in [5, 5.41) is 0. The van der Waals surface area contributed by atoms with Crippen LogP contribution >= 0.6 is 0 Å². The lowest BCUT2D eigenvalue weighted by molar-refractivity contribution is -0.0336. The van der Waals surface area contributed by atoms with Crippen molar-refractivity contribution in [3.8, 4) is 11.5 Å². The molecule has 1 heterocycles. The molecule has 0 unspecified atom stereocenters. The van der Waals surface area contributed by atoms with Crippen molar-refractivity contribution in [3.63, 3.8) is 0 Å². The number of ether oxygens (including phenoxy) is 3. The van der Waals surface area contributed by atoms with Gasteiger partial charge in [0.1, 0.15) is 11.5 Å². The van der Waals surface area contributed by atoms with Crippen molar-refractivity contribution >= 4 is 0 Å². The Kier molecular flexibility index (Phi) is 6.82. The van der Waals surface area contributed by atoms with Crippen LogP contribution in [0.1, 0.15) is 25.0 Å². The summed E-state index contributed by atoms with van der Waals surface area (Å²) >= 11 is 0. The lowest BCUT2D eigenvalue weighted by atomic mass is 10.1. The fourth-order valence-corrected chi connectivity index (χ4v) is 2.40. The van der Waals surface area contributed by atoms with E-state index >= 15 is 0 Å². The van der Waals surface area contributed by atoms with Gasteiger partial charge in [0.25, 0.3) is 0 Å². The maximum absolute atomic E-state index is 5.50. The van der Waals surface area contributed by atoms with Gasteiger partial charge in [-0.1, -0.05) is 19.9 Å². The summed E-state index contributed by atoms with van der Waals surface area (Å²) in [6.45, 7) is 8.90. The van der Waals surface area contributed by atoms with Gasteiger partial charge in [0.05, 0.1) is 20.3 Å². The van der Waals surface area contributed by atoms with Crippen molar-refractivity contribution in [3.05, 3.63) is 23.3 Å². The van der Waals surface area contributed by atoms with Crippen molar-refractivity contribution in [1.82, 2.24) is 4.90 Å². The maximum atomic E-state index is 5.50. The molecule has 1 aliphatic heterocycles. The number of hydrogen-bond donors (Lipinski definition) is 0. The minimum atomic E-state index is 0.385. The van der Waals surface area contributed by atoms with Crippen LogP contribution in [-0.2, 0) is 11.3 Å². The minimum Gasteiger partial charge on any atom is -0.496 e. The van der Waals surface area contributed by atoms with Crippen LogP contribution in [0.2, 0.25) is 0 Å². The molecule has 2 rings (SSSR count). The second-order valence-electron chi connectivity index (χ2n) is 4.64. The van der Waals surface area contributed by atoms with E-state index < -0.39 is 0 Å². The summed E-state index contributed by atoms with van der Waals surface area (Å²) in [7, 11) is 5.15. The third-order valence-corrected chi connectivity index (χ3v) is 3.51. The zero-order valence-corrected chi connectivity index (χ0v) is 13.5. The molecule has 114 valence electrons. The van der Waals surface area contributed by atoms with Crippen LogP contribution in [0.15, 0.2) is 12.1 Å². The molecule has 4 heteroatoms. The Balaban J connectivity index is 0.000000956. The SMILES string of the molecule is CC.COc1ccc(CN2CC(OC)C2)c(OC)c1C. The highest BCUT2D eigenvalue weighted by atomic mass is 16.5. The lowest BCUT2D eigenvalue weighted by Crippen LogP contribution is -2.50. The van der Waals surface area contributed by atoms with E-state index in [4.69, 9.17) is 14.2 Å². The molecular formula is C16H27NO3. The van der Waals surface area contributed by atoms with Gasteiger partial charge in [0.15, 0.2) is 0 Å². The minimum absolute atomic E-state index is 0.385. The zero-order valence-electron chi connectivity index (χ0n) is 13.5. The van der Waals surface area contributed by atoms with E-state index in [0.717, 1.165) is 36.7 Å². The molecular weight excluding hydrogens is 254 g/mol. The van der Waals surface area contributed by atoms with Crippen LogP contribution in [0.5, 0.6) is 11.5 Å². The number of hydrogen-bond acceptors (Lipinski definition) is 4. The number of likely N-dealkylation sites (tertiary alicyclic amines) is 1. The molecule has 1 aromatic carbocycles. The van der Waals surface area contributed by atoms with E-state index in [2.05, 4.69) is 11.0 Å². The van der Waals surface area contributed by atoms with Gasteiger partial charge in [0.2, 0.25) is 0 Å². The van der Waals surface area contributed by atoms with Gasteiger partial charge in [0, 0.05) is 37.9 Å². The Bertz CT molecular complexity index is 414. The van der Waals surface area contributed by atoms with Crippen LogP contribution in [0.4, 0.5) is 0 Å². The largest absolute Gasteiger partial charge is 0.496 e. The molecule has 0 aliphatic carbocycles.